The Balaban J connectivity index is 1.55. The van der Waals surface area contributed by atoms with Gasteiger partial charge in [-0.15, -0.1) is 0 Å². The summed E-state index contributed by atoms with van der Waals surface area (Å²) in [6, 6.07) is 24.8. The molecule has 1 saturated heterocycles. The van der Waals surface area contributed by atoms with Crippen LogP contribution in [-0.4, -0.2) is 65.6 Å². The molecule has 4 aromatic rings. The van der Waals surface area contributed by atoms with E-state index in [2.05, 4.69) is 0 Å². The van der Waals surface area contributed by atoms with Crippen LogP contribution >= 0.6 is 0 Å². The predicted molar refractivity (Wildman–Crippen MR) is 156 cm³/mol. The maximum Gasteiger partial charge on any atom is 0.343 e. The second kappa shape index (κ2) is 13.7. The number of rotatable bonds is 9. The number of ether oxygens (including phenoxy) is 5. The van der Waals surface area contributed by atoms with E-state index in [1.165, 1.54) is 24.3 Å². The van der Waals surface area contributed by atoms with Crippen LogP contribution in [0.3, 0.4) is 0 Å². The molecule has 1 N–H and O–H groups in total. The summed E-state index contributed by atoms with van der Waals surface area (Å²) in [7, 11) is 1.09. The first kappa shape index (κ1) is 30.7. The summed E-state index contributed by atoms with van der Waals surface area (Å²) in [6.45, 7) is -0.479. The summed E-state index contributed by atoms with van der Waals surface area (Å²) >= 11 is 0. The van der Waals surface area contributed by atoms with Crippen molar-refractivity contribution in [3.8, 4) is 5.75 Å². The summed E-state index contributed by atoms with van der Waals surface area (Å²) < 4.78 is 28.9. The van der Waals surface area contributed by atoms with Gasteiger partial charge in [0, 0.05) is 12.3 Å². The second-order valence-electron chi connectivity index (χ2n) is 9.81. The van der Waals surface area contributed by atoms with Gasteiger partial charge in [0.1, 0.15) is 24.0 Å². The number of pyridine rings is 1. The van der Waals surface area contributed by atoms with Gasteiger partial charge in [0.15, 0.2) is 18.4 Å². The molecule has 1 fully saturated rings. The molecular weight excluding hydrogens is 586 g/mol. The number of aromatic nitrogens is 1. The van der Waals surface area contributed by atoms with Crippen LogP contribution in [0.25, 0.3) is 0 Å². The van der Waals surface area contributed by atoms with Crippen molar-refractivity contribution in [3.63, 3.8) is 0 Å². The van der Waals surface area contributed by atoms with Crippen molar-refractivity contribution in [2.75, 3.05) is 13.7 Å². The zero-order valence-electron chi connectivity index (χ0n) is 23.8. The molecule has 45 heavy (non-hydrogen) atoms. The van der Waals surface area contributed by atoms with Crippen molar-refractivity contribution in [1.82, 2.24) is 4.57 Å². The van der Waals surface area contributed by atoms with E-state index in [1.807, 2.05) is 0 Å². The second-order valence-corrected chi connectivity index (χ2v) is 9.81. The quantitative estimate of drug-likeness (QED) is 0.218. The van der Waals surface area contributed by atoms with E-state index in [4.69, 9.17) is 23.7 Å². The number of benzene rings is 3. The molecule has 12 heteroatoms. The van der Waals surface area contributed by atoms with Crippen LogP contribution < -0.4 is 5.56 Å². The first-order valence-corrected chi connectivity index (χ1v) is 13.7. The molecule has 230 valence electrons. The third-order valence-electron chi connectivity index (χ3n) is 6.92. The smallest absolute Gasteiger partial charge is 0.343 e. The molecule has 0 amide bonds. The molecule has 0 unspecified atom stereocenters. The van der Waals surface area contributed by atoms with Crippen molar-refractivity contribution < 1.29 is 48.0 Å². The number of aromatic hydroxyl groups is 1. The summed E-state index contributed by atoms with van der Waals surface area (Å²) in [5.74, 6) is -3.96. The van der Waals surface area contributed by atoms with Crippen LogP contribution in [0.1, 0.15) is 47.7 Å². The summed E-state index contributed by atoms with van der Waals surface area (Å²) in [5, 5.41) is 10.3. The van der Waals surface area contributed by atoms with Gasteiger partial charge >= 0.3 is 23.9 Å². The van der Waals surface area contributed by atoms with Gasteiger partial charge in [0.05, 0.1) is 23.8 Å². The monoisotopic (exact) mass is 613 g/mol. The van der Waals surface area contributed by atoms with Gasteiger partial charge < -0.3 is 28.8 Å². The van der Waals surface area contributed by atoms with Gasteiger partial charge in [-0.05, 0) is 36.4 Å². The maximum atomic E-state index is 13.3. The first-order chi connectivity index (χ1) is 21.8. The fourth-order valence-electron chi connectivity index (χ4n) is 4.69. The zero-order valence-corrected chi connectivity index (χ0v) is 23.8. The molecule has 1 aliphatic rings. The molecular formula is C33H27NO11. The largest absolute Gasteiger partial charge is 0.507 e. The number of nitrogens with zero attached hydrogens (tertiary/aromatic N) is 1. The van der Waals surface area contributed by atoms with E-state index in [0.29, 0.717) is 0 Å². The Morgan fingerprint density at radius 1 is 0.733 bits per heavy atom. The Hall–Kier alpha value is -5.75. The minimum atomic E-state index is -1.51. The fraction of sp³-hybridized carbons (Fsp3) is 0.182. The van der Waals surface area contributed by atoms with E-state index in [-0.39, 0.29) is 22.3 Å². The molecule has 0 aliphatic carbocycles. The molecule has 5 rings (SSSR count). The molecule has 2 heterocycles. The van der Waals surface area contributed by atoms with Crippen LogP contribution in [0.4, 0.5) is 0 Å². The van der Waals surface area contributed by atoms with Crippen LogP contribution in [0, 0.1) is 0 Å². The molecule has 12 nitrogen and oxygen atoms in total. The topological polar surface area (TPSA) is 157 Å². The molecule has 3 aromatic carbocycles. The normalized spacial score (nSPS) is 18.9. The number of hydrogen-bond donors (Lipinski definition) is 1. The first-order valence-electron chi connectivity index (χ1n) is 13.7. The van der Waals surface area contributed by atoms with Crippen molar-refractivity contribution >= 4 is 23.9 Å². The minimum absolute atomic E-state index is 0.150. The summed E-state index contributed by atoms with van der Waals surface area (Å²) in [6.07, 6.45) is -4.71. The summed E-state index contributed by atoms with van der Waals surface area (Å²) in [4.78, 5) is 64.8. The van der Waals surface area contributed by atoms with Crippen LogP contribution in [0.15, 0.2) is 108 Å². The SMILES string of the molecule is COC(=O)c1cn([C@@H]2O[C@H](COC(=O)c3ccccc3)[C@@H](OC(=O)c3ccccc3)[C@H]2OC(=O)c2ccccc2)c(=O)cc1O. The van der Waals surface area contributed by atoms with Gasteiger partial charge in [0.25, 0.3) is 5.56 Å². The van der Waals surface area contributed by atoms with Crippen molar-refractivity contribution in [2.24, 2.45) is 0 Å². The standard InChI is InChI=1S/C33H27NO11/c1-41-33(40)23-18-34(26(36)17-24(23)35)29-28(45-32(39)22-15-9-4-10-16-22)27(44-31(38)21-13-7-3-8-14-21)25(43-29)19-42-30(37)20-11-5-2-6-12-20/h2-18,25,27-29,35H,19H2,1H3/t25-,27-,28-,29-/m1/s1. The lowest BCUT2D eigenvalue weighted by atomic mass is 10.1. The Morgan fingerprint density at radius 3 is 1.73 bits per heavy atom. The van der Waals surface area contributed by atoms with Crippen LogP contribution in [-0.2, 0) is 23.7 Å². The molecule has 4 atom stereocenters. The van der Waals surface area contributed by atoms with E-state index < -0.39 is 66.3 Å². The Bertz CT molecular complexity index is 1740. The molecule has 0 saturated carbocycles. The van der Waals surface area contributed by atoms with Crippen molar-refractivity contribution in [2.45, 2.75) is 24.5 Å². The van der Waals surface area contributed by atoms with E-state index in [9.17, 15) is 29.1 Å². The third kappa shape index (κ3) is 6.92. The van der Waals surface area contributed by atoms with Gasteiger partial charge in [-0.3, -0.25) is 9.36 Å². The number of methoxy groups -OCH3 is 1. The average Bonchev–Trinajstić information content (AvgIpc) is 3.40. The predicted octanol–water partition coefficient (Wildman–Crippen LogP) is 3.55. The lowest BCUT2D eigenvalue weighted by Gasteiger charge is -2.25. The van der Waals surface area contributed by atoms with Crippen LogP contribution in [0.5, 0.6) is 5.75 Å². The highest BCUT2D eigenvalue weighted by atomic mass is 16.7. The van der Waals surface area contributed by atoms with E-state index >= 15 is 0 Å². The molecule has 0 spiro atoms. The Labute approximate surface area is 256 Å². The highest BCUT2D eigenvalue weighted by Crippen LogP contribution is 2.35. The number of esters is 4. The molecule has 1 aromatic heterocycles. The number of carbonyl (C=O) groups excluding carboxylic acids is 4. The fourth-order valence-corrected chi connectivity index (χ4v) is 4.69. The lowest BCUT2D eigenvalue weighted by molar-refractivity contribution is -0.0636. The third-order valence-corrected chi connectivity index (χ3v) is 6.92. The molecule has 0 radical (unpaired) electrons. The Morgan fingerprint density at radius 2 is 1.22 bits per heavy atom. The molecule has 0 bridgehead atoms. The van der Waals surface area contributed by atoms with Crippen molar-refractivity contribution in [1.29, 1.82) is 0 Å². The van der Waals surface area contributed by atoms with E-state index in [0.717, 1.165) is 23.9 Å². The molecule has 1 aliphatic heterocycles. The van der Waals surface area contributed by atoms with Gasteiger partial charge in [-0.25, -0.2) is 19.2 Å². The number of carbonyl (C=O) groups is 4. The Kier molecular flexibility index (Phi) is 9.34. The summed E-state index contributed by atoms with van der Waals surface area (Å²) in [5.41, 5.74) is -0.665. The van der Waals surface area contributed by atoms with Crippen LogP contribution in [0.2, 0.25) is 0 Å². The van der Waals surface area contributed by atoms with Gasteiger partial charge in [0.2, 0.25) is 0 Å². The average molecular weight is 614 g/mol. The lowest BCUT2D eigenvalue weighted by Crippen LogP contribution is -2.42. The van der Waals surface area contributed by atoms with Gasteiger partial charge in [-0.1, -0.05) is 54.6 Å². The zero-order chi connectivity index (χ0) is 31.9. The highest BCUT2D eigenvalue weighted by molar-refractivity contribution is 5.92. The minimum Gasteiger partial charge on any atom is -0.507 e. The van der Waals surface area contributed by atoms with Crippen molar-refractivity contribution in [3.05, 3.63) is 136 Å². The highest BCUT2D eigenvalue weighted by Gasteiger charge is 2.51. The van der Waals surface area contributed by atoms with Gasteiger partial charge in [-0.2, -0.15) is 0 Å². The maximum absolute atomic E-state index is 13.3. The van der Waals surface area contributed by atoms with E-state index in [1.54, 1.807) is 66.7 Å². The number of hydrogen-bond acceptors (Lipinski definition) is 11.